The molecule has 3 heterocycles. The molecule has 1 saturated carbocycles. The van der Waals surface area contributed by atoms with Gasteiger partial charge in [0.15, 0.2) is 5.78 Å². The molecule has 0 aromatic carbocycles. The molecule has 3 N–H and O–H groups in total. The molecule has 3 aliphatic heterocycles. The van der Waals surface area contributed by atoms with Crippen molar-refractivity contribution >= 4 is 29.2 Å². The summed E-state index contributed by atoms with van der Waals surface area (Å²) in [4.78, 5) is 72.1. The first-order valence-electron chi connectivity index (χ1n) is 25.0. The molecule has 2 bridgehead atoms. The quantitative estimate of drug-likeness (QED) is 0.134. The van der Waals surface area contributed by atoms with Gasteiger partial charge in [-0.2, -0.15) is 0 Å². The predicted molar refractivity (Wildman–Crippen MR) is 256 cm³/mol. The SMILES string of the molecule is CO[C@H]1C[C@@H]2CC[C@@H](C)[C@@](O)(O2)C(=O)C(=O)N2CCCC[C@H]2C(=O)O[C@H]([C@@H](C)C[C@@H]2CC[C@@H](OCCO)[C@H](OC)C2)CC(=O)[C@H](C)/C=C(\C)[C@@H](O)[C@@H](OC)C(=O)[C@H](C)C[C@H](C)/C=C/C=C/C=C/1C. The lowest BCUT2D eigenvalue weighted by Crippen LogP contribution is -2.61. The molecule has 3 fully saturated rings. The molecular weight excluding hydrogens is 875 g/mol. The van der Waals surface area contributed by atoms with Crippen LogP contribution in [0.4, 0.5) is 0 Å². The van der Waals surface area contributed by atoms with Crippen molar-refractivity contribution in [2.45, 2.75) is 180 Å². The number of allylic oxidation sites excluding steroid dienone is 6. The first kappa shape index (κ1) is 57.2. The van der Waals surface area contributed by atoms with Crippen molar-refractivity contribution in [3.8, 4) is 0 Å². The van der Waals surface area contributed by atoms with Gasteiger partial charge in [0.1, 0.15) is 30.1 Å². The first-order chi connectivity index (χ1) is 32.3. The molecule has 68 heavy (non-hydrogen) atoms. The van der Waals surface area contributed by atoms with Crippen LogP contribution in [0, 0.1) is 35.5 Å². The second kappa shape index (κ2) is 27.3. The molecule has 15 nitrogen and oxygen atoms in total. The minimum absolute atomic E-state index is 0.0158. The van der Waals surface area contributed by atoms with Crippen molar-refractivity contribution in [3.63, 3.8) is 0 Å². The highest BCUT2D eigenvalue weighted by Crippen LogP contribution is 2.38. The number of rotatable bonds is 9. The number of ether oxygens (including phenoxy) is 6. The van der Waals surface area contributed by atoms with E-state index in [0.717, 1.165) is 12.0 Å². The van der Waals surface area contributed by atoms with Gasteiger partial charge in [-0.1, -0.05) is 71.1 Å². The third-order valence-corrected chi connectivity index (χ3v) is 14.9. The Morgan fingerprint density at radius 2 is 1.59 bits per heavy atom. The van der Waals surface area contributed by atoms with Gasteiger partial charge >= 0.3 is 5.97 Å². The zero-order valence-electron chi connectivity index (χ0n) is 42.4. The van der Waals surface area contributed by atoms with Crippen LogP contribution >= 0.6 is 0 Å². The van der Waals surface area contributed by atoms with E-state index in [9.17, 15) is 39.3 Å². The molecule has 1 amide bonds. The van der Waals surface area contributed by atoms with E-state index in [-0.39, 0.29) is 74.1 Å². The van der Waals surface area contributed by atoms with Gasteiger partial charge in [0.05, 0.1) is 37.6 Å². The fraction of sp³-hybridized carbons (Fsp3) is 0.755. The Morgan fingerprint density at radius 3 is 2.26 bits per heavy atom. The van der Waals surface area contributed by atoms with Gasteiger partial charge in [0.25, 0.3) is 11.7 Å². The second-order valence-electron chi connectivity index (χ2n) is 20.2. The average Bonchev–Trinajstić information content (AvgIpc) is 3.32. The van der Waals surface area contributed by atoms with Crippen LogP contribution in [0.1, 0.15) is 126 Å². The first-order valence-corrected chi connectivity index (χ1v) is 25.0. The smallest absolute Gasteiger partial charge is 0.329 e. The van der Waals surface area contributed by atoms with E-state index in [0.29, 0.717) is 63.4 Å². The number of hydrogen-bond donors (Lipinski definition) is 3. The summed E-state index contributed by atoms with van der Waals surface area (Å²) in [6, 6.07) is -1.14. The van der Waals surface area contributed by atoms with Gasteiger partial charge in [0, 0.05) is 58.5 Å². The van der Waals surface area contributed by atoms with Crippen LogP contribution in [0.3, 0.4) is 0 Å². The van der Waals surface area contributed by atoms with Gasteiger partial charge in [-0.3, -0.25) is 19.2 Å². The summed E-state index contributed by atoms with van der Waals surface area (Å²) < 4.78 is 35.6. The van der Waals surface area contributed by atoms with E-state index in [2.05, 4.69) is 0 Å². The molecular formula is C53H83NO14. The van der Waals surface area contributed by atoms with Gasteiger partial charge in [0.2, 0.25) is 5.79 Å². The van der Waals surface area contributed by atoms with Crippen LogP contribution in [0.25, 0.3) is 0 Å². The summed E-state index contributed by atoms with van der Waals surface area (Å²) in [5, 5.41) is 32.8. The van der Waals surface area contributed by atoms with Crippen molar-refractivity contribution < 1.29 is 67.7 Å². The van der Waals surface area contributed by atoms with E-state index in [1.807, 2.05) is 58.1 Å². The number of nitrogens with zero attached hydrogens (tertiary/aromatic N) is 1. The van der Waals surface area contributed by atoms with E-state index in [4.69, 9.17) is 28.4 Å². The number of hydrogen-bond acceptors (Lipinski definition) is 14. The maximum absolute atomic E-state index is 14.5. The molecule has 0 aromatic rings. The zero-order chi connectivity index (χ0) is 50.3. The van der Waals surface area contributed by atoms with Crippen LogP contribution in [0.15, 0.2) is 47.6 Å². The molecule has 0 unspecified atom stereocenters. The maximum atomic E-state index is 14.5. The molecule has 2 saturated heterocycles. The molecule has 0 spiro atoms. The van der Waals surface area contributed by atoms with E-state index >= 15 is 0 Å². The van der Waals surface area contributed by atoms with Gasteiger partial charge in [-0.05, 0) is 107 Å². The number of amides is 1. The van der Waals surface area contributed by atoms with Crippen molar-refractivity contribution in [2.24, 2.45) is 35.5 Å². The highest BCUT2D eigenvalue weighted by Gasteiger charge is 2.53. The number of Topliss-reactive ketones (excluding diaryl/α,β-unsaturated/α-hetero) is 3. The van der Waals surface area contributed by atoms with Crippen LogP contribution in [0.5, 0.6) is 0 Å². The highest BCUT2D eigenvalue weighted by atomic mass is 16.6. The number of carbonyl (C=O) groups is 5. The zero-order valence-corrected chi connectivity index (χ0v) is 42.4. The third-order valence-electron chi connectivity index (χ3n) is 14.9. The maximum Gasteiger partial charge on any atom is 0.329 e. The fourth-order valence-corrected chi connectivity index (χ4v) is 10.5. The minimum atomic E-state index is -2.43. The van der Waals surface area contributed by atoms with E-state index < -0.39 is 77.8 Å². The number of fused-ring (bicyclic) bond motifs is 3. The average molecular weight is 958 g/mol. The van der Waals surface area contributed by atoms with Crippen LogP contribution in [-0.2, 0) is 52.4 Å². The number of esters is 1. The van der Waals surface area contributed by atoms with Crippen LogP contribution in [-0.4, -0.2) is 145 Å². The lowest BCUT2D eigenvalue weighted by Gasteiger charge is -2.42. The Kier molecular flexibility index (Phi) is 22.9. The number of aliphatic hydroxyl groups excluding tert-OH is 2. The Bertz CT molecular complexity index is 1810. The number of methoxy groups -OCH3 is 3. The lowest BCUT2D eigenvalue weighted by atomic mass is 9.78. The van der Waals surface area contributed by atoms with E-state index in [1.165, 1.54) is 12.0 Å². The second-order valence-corrected chi connectivity index (χ2v) is 20.2. The highest BCUT2D eigenvalue weighted by molar-refractivity contribution is 6.39. The molecule has 384 valence electrons. The third kappa shape index (κ3) is 15.3. The number of aliphatic hydroxyl groups is 3. The molecule has 15 atom stereocenters. The van der Waals surface area contributed by atoms with Gasteiger partial charge < -0.3 is 48.6 Å². The van der Waals surface area contributed by atoms with Crippen molar-refractivity contribution in [1.29, 1.82) is 0 Å². The van der Waals surface area contributed by atoms with Crippen molar-refractivity contribution in [3.05, 3.63) is 47.6 Å². The number of cyclic esters (lactones) is 1. The Hall–Kier alpha value is -3.41. The molecule has 4 rings (SSSR count). The summed E-state index contributed by atoms with van der Waals surface area (Å²) in [5.41, 5.74) is 1.26. The van der Waals surface area contributed by atoms with Gasteiger partial charge in [-0.15, -0.1) is 0 Å². The van der Waals surface area contributed by atoms with Crippen LogP contribution < -0.4 is 0 Å². The monoisotopic (exact) mass is 958 g/mol. The number of ketones is 3. The molecule has 4 aliphatic rings. The largest absolute Gasteiger partial charge is 0.460 e. The summed E-state index contributed by atoms with van der Waals surface area (Å²) in [6.45, 7) is 12.9. The Balaban J connectivity index is 1.70. The lowest BCUT2D eigenvalue weighted by molar-refractivity contribution is -0.265. The minimum Gasteiger partial charge on any atom is -0.460 e. The van der Waals surface area contributed by atoms with E-state index in [1.54, 1.807) is 41.1 Å². The summed E-state index contributed by atoms with van der Waals surface area (Å²) in [6.07, 6.45) is 12.0. The number of piperidine rings is 1. The van der Waals surface area contributed by atoms with Crippen molar-refractivity contribution in [2.75, 3.05) is 41.1 Å². The van der Waals surface area contributed by atoms with Crippen molar-refractivity contribution in [1.82, 2.24) is 4.90 Å². The predicted octanol–water partition coefficient (Wildman–Crippen LogP) is 6.20. The standard InChI is InChI=1S/C53H83NO14/c1-32-16-12-11-13-17-33(2)44(63-8)30-40-21-19-38(7)53(62,68-40)50(59)51(60)54-23-15-14-18-41(54)52(61)67-45(35(4)28-39-20-22-43(66-25-24-55)46(29-39)64-9)31-42(56)34(3)27-37(6)48(58)49(65-10)47(57)36(5)26-32/h11-13,16-17,27,32,34-36,38-41,43-46,48-49,55,58,62H,14-15,18-26,28-31H2,1-10H3/b13-11+,16-12+,33-17+,37-27+/t32-,34-,35+,36-,38-,39+,40+,41+,43-,44+,45+,46-,48-,49+,53-/m1/s1. The summed E-state index contributed by atoms with van der Waals surface area (Å²) in [5.74, 6) is -7.96. The molecule has 15 heteroatoms. The Labute approximate surface area is 405 Å². The summed E-state index contributed by atoms with van der Waals surface area (Å²) >= 11 is 0. The topological polar surface area (TPSA) is 205 Å². The number of carbonyl (C=O) groups excluding carboxylic acids is 5. The molecule has 0 aromatic heterocycles. The Morgan fingerprint density at radius 1 is 0.853 bits per heavy atom. The molecule has 1 aliphatic carbocycles. The normalized spacial score (nSPS) is 39.2. The summed E-state index contributed by atoms with van der Waals surface area (Å²) in [7, 11) is 4.58. The van der Waals surface area contributed by atoms with Gasteiger partial charge in [-0.25, -0.2) is 4.79 Å². The fourth-order valence-electron chi connectivity index (χ4n) is 10.5. The molecule has 0 radical (unpaired) electrons. The van der Waals surface area contributed by atoms with Crippen LogP contribution in [0.2, 0.25) is 0 Å².